The van der Waals surface area contributed by atoms with Crippen molar-refractivity contribution >= 4 is 24.2 Å². The molecule has 1 saturated carbocycles. The third-order valence-electron chi connectivity index (χ3n) is 10.4. The van der Waals surface area contributed by atoms with Gasteiger partial charge in [-0.05, 0) is 109 Å². The third kappa shape index (κ3) is 8.56. The molecule has 250 valence electrons. The minimum Gasteiger partial charge on any atom is -0.358 e. The van der Waals surface area contributed by atoms with E-state index in [1.807, 2.05) is 25.0 Å². The molecule has 3 heterocycles. The standard InChI is InChI=1S/C38H56N6O2/c1-26-21-27(2)23-31(22-26)35-33(13-16-43-15-12-32(25-43)41-37(46)44-19-17-42(7)18-20-44)34(29(4)40-35)24-28(3)38(5,6)36(45)39-14-8-9-30-10-11-30/h14,21-24,30,32,40H,8-13,15-20,25H2,1-7H3,(H,41,46)/b28-24+,39-14?. The van der Waals surface area contributed by atoms with Crippen LogP contribution in [0.3, 0.4) is 0 Å². The number of likely N-dealkylation sites (tertiary alicyclic amines) is 1. The summed E-state index contributed by atoms with van der Waals surface area (Å²) >= 11 is 0. The second kappa shape index (κ2) is 14.7. The fraction of sp³-hybridized carbons (Fsp3) is 0.605. The number of likely N-dealkylation sites (N-methyl/N-ethyl adjacent to an activating group) is 1. The van der Waals surface area contributed by atoms with E-state index < -0.39 is 5.41 Å². The summed E-state index contributed by atoms with van der Waals surface area (Å²) in [4.78, 5) is 41.0. The van der Waals surface area contributed by atoms with Gasteiger partial charge in [-0.1, -0.05) is 41.7 Å². The van der Waals surface area contributed by atoms with Crippen molar-refractivity contribution in [2.45, 2.75) is 86.1 Å². The predicted molar refractivity (Wildman–Crippen MR) is 189 cm³/mol. The molecule has 1 aromatic heterocycles. The molecule has 1 aromatic carbocycles. The number of urea groups is 1. The summed E-state index contributed by atoms with van der Waals surface area (Å²) in [5.74, 6) is 0.757. The van der Waals surface area contributed by atoms with Crippen LogP contribution in [0.25, 0.3) is 17.3 Å². The van der Waals surface area contributed by atoms with Crippen molar-refractivity contribution in [3.63, 3.8) is 0 Å². The van der Waals surface area contributed by atoms with E-state index in [1.54, 1.807) is 0 Å². The summed E-state index contributed by atoms with van der Waals surface area (Å²) in [6.45, 7) is 18.7. The van der Waals surface area contributed by atoms with E-state index in [9.17, 15) is 9.59 Å². The van der Waals surface area contributed by atoms with Crippen molar-refractivity contribution in [2.24, 2.45) is 16.3 Å². The summed E-state index contributed by atoms with van der Waals surface area (Å²) in [6.07, 6.45) is 10.6. The van der Waals surface area contributed by atoms with Gasteiger partial charge in [0, 0.05) is 69.5 Å². The number of amides is 3. The number of piperazine rings is 1. The molecule has 46 heavy (non-hydrogen) atoms. The molecule has 3 fully saturated rings. The Bertz CT molecular complexity index is 1440. The number of aryl methyl sites for hydroxylation is 3. The normalized spacial score (nSPS) is 20.2. The first kappa shape index (κ1) is 34.1. The molecule has 0 bridgehead atoms. The largest absolute Gasteiger partial charge is 0.358 e. The molecule has 2 aromatic rings. The van der Waals surface area contributed by atoms with E-state index in [2.05, 4.69) is 84.1 Å². The smallest absolute Gasteiger partial charge is 0.317 e. The van der Waals surface area contributed by atoms with Gasteiger partial charge in [0.05, 0.1) is 5.41 Å². The van der Waals surface area contributed by atoms with E-state index in [0.29, 0.717) is 0 Å². The zero-order chi connectivity index (χ0) is 33.0. The number of carbonyl (C=O) groups excluding carboxylic acids is 2. The van der Waals surface area contributed by atoms with Crippen LogP contribution in [0.2, 0.25) is 0 Å². The molecule has 1 aliphatic carbocycles. The van der Waals surface area contributed by atoms with Gasteiger partial charge in [0.2, 0.25) is 0 Å². The molecule has 1 unspecified atom stereocenters. The molecule has 0 radical (unpaired) electrons. The molecule has 3 aliphatic rings. The summed E-state index contributed by atoms with van der Waals surface area (Å²) < 4.78 is 0. The van der Waals surface area contributed by atoms with Gasteiger partial charge in [0.25, 0.3) is 5.91 Å². The number of hydrogen-bond acceptors (Lipinski definition) is 4. The zero-order valence-electron chi connectivity index (χ0n) is 29.3. The fourth-order valence-electron chi connectivity index (χ4n) is 6.80. The maximum atomic E-state index is 13.3. The SMILES string of the molecule is C/C(=C\c1c(C)[nH]c(-c2cc(C)cc(C)c2)c1CCN1CCC(NC(=O)N2CCN(C)CC2)C1)C(C)(C)C(=O)N=CCCC1CC1. The summed E-state index contributed by atoms with van der Waals surface area (Å²) in [7, 11) is 2.11. The van der Waals surface area contributed by atoms with Gasteiger partial charge < -0.3 is 25.0 Å². The first-order chi connectivity index (χ1) is 21.9. The van der Waals surface area contributed by atoms with Gasteiger partial charge >= 0.3 is 6.03 Å². The number of benzene rings is 1. The Hall–Kier alpha value is -3.23. The lowest BCUT2D eigenvalue weighted by molar-refractivity contribution is -0.123. The number of carbonyl (C=O) groups is 2. The highest BCUT2D eigenvalue weighted by molar-refractivity contribution is 5.92. The highest BCUT2D eigenvalue weighted by Crippen LogP contribution is 2.36. The van der Waals surface area contributed by atoms with E-state index in [1.165, 1.54) is 40.7 Å². The summed E-state index contributed by atoms with van der Waals surface area (Å²) in [5.41, 5.74) is 8.72. The van der Waals surface area contributed by atoms with Crippen LogP contribution in [0, 0.1) is 32.1 Å². The molecule has 2 aliphatic heterocycles. The molecule has 0 spiro atoms. The van der Waals surface area contributed by atoms with Crippen LogP contribution >= 0.6 is 0 Å². The minimum atomic E-state index is -0.693. The van der Waals surface area contributed by atoms with Crippen molar-refractivity contribution in [3.05, 3.63) is 51.7 Å². The fourth-order valence-corrected chi connectivity index (χ4v) is 6.80. The predicted octanol–water partition coefficient (Wildman–Crippen LogP) is 6.40. The van der Waals surface area contributed by atoms with Crippen LogP contribution in [0.15, 0.2) is 28.8 Å². The topological polar surface area (TPSA) is 84.0 Å². The van der Waals surface area contributed by atoms with Crippen molar-refractivity contribution in [3.8, 4) is 11.3 Å². The van der Waals surface area contributed by atoms with Crippen molar-refractivity contribution in [1.29, 1.82) is 0 Å². The first-order valence-electron chi connectivity index (χ1n) is 17.4. The average Bonchev–Trinajstić information content (AvgIpc) is 3.65. The van der Waals surface area contributed by atoms with Gasteiger partial charge in [0.1, 0.15) is 0 Å². The van der Waals surface area contributed by atoms with Crippen LogP contribution in [0.4, 0.5) is 4.79 Å². The lowest BCUT2D eigenvalue weighted by Gasteiger charge is -2.33. The minimum absolute atomic E-state index is 0.0746. The third-order valence-corrected chi connectivity index (χ3v) is 10.4. The van der Waals surface area contributed by atoms with E-state index in [0.717, 1.165) is 94.4 Å². The lowest BCUT2D eigenvalue weighted by atomic mass is 9.82. The van der Waals surface area contributed by atoms with Crippen LogP contribution in [-0.4, -0.2) is 96.7 Å². The second-order valence-electron chi connectivity index (χ2n) is 14.8. The molecule has 2 saturated heterocycles. The number of aromatic nitrogens is 1. The lowest BCUT2D eigenvalue weighted by Crippen LogP contribution is -2.52. The van der Waals surface area contributed by atoms with Gasteiger partial charge in [-0.15, -0.1) is 0 Å². The molecule has 3 amide bonds. The maximum Gasteiger partial charge on any atom is 0.317 e. The van der Waals surface area contributed by atoms with Crippen molar-refractivity contribution in [1.82, 2.24) is 25.0 Å². The Kier molecular flexibility index (Phi) is 10.9. The number of hydrogen-bond donors (Lipinski definition) is 2. The Morgan fingerprint density at radius 2 is 1.72 bits per heavy atom. The quantitative estimate of drug-likeness (QED) is 0.282. The van der Waals surface area contributed by atoms with E-state index >= 15 is 0 Å². The van der Waals surface area contributed by atoms with Crippen LogP contribution in [0.1, 0.15) is 80.8 Å². The highest BCUT2D eigenvalue weighted by Gasteiger charge is 2.31. The Balaban J connectivity index is 1.32. The van der Waals surface area contributed by atoms with Crippen molar-refractivity contribution < 1.29 is 9.59 Å². The highest BCUT2D eigenvalue weighted by atomic mass is 16.2. The molecule has 5 rings (SSSR count). The second-order valence-corrected chi connectivity index (χ2v) is 14.8. The number of aliphatic imine (C=N–C) groups is 1. The number of aromatic amines is 1. The van der Waals surface area contributed by atoms with Crippen LogP contribution < -0.4 is 5.32 Å². The molecule has 2 N–H and O–H groups in total. The van der Waals surface area contributed by atoms with Gasteiger partial charge in [0.15, 0.2) is 0 Å². The number of rotatable bonds is 11. The van der Waals surface area contributed by atoms with Crippen LogP contribution in [-0.2, 0) is 11.2 Å². The summed E-state index contributed by atoms with van der Waals surface area (Å²) in [6, 6.07) is 6.98. The molecular formula is C38H56N6O2. The molecule has 8 heteroatoms. The Labute approximate surface area is 276 Å². The van der Waals surface area contributed by atoms with Crippen LogP contribution in [0.5, 0.6) is 0 Å². The molecular weight excluding hydrogens is 572 g/mol. The van der Waals surface area contributed by atoms with Crippen molar-refractivity contribution in [2.75, 3.05) is 52.9 Å². The van der Waals surface area contributed by atoms with Gasteiger partial charge in [-0.2, -0.15) is 0 Å². The molecule has 8 nitrogen and oxygen atoms in total. The average molecular weight is 629 g/mol. The maximum absolute atomic E-state index is 13.3. The van der Waals surface area contributed by atoms with E-state index in [4.69, 9.17) is 0 Å². The monoisotopic (exact) mass is 628 g/mol. The Morgan fingerprint density at radius 3 is 2.39 bits per heavy atom. The number of H-pyrrole nitrogens is 1. The first-order valence-corrected chi connectivity index (χ1v) is 17.4. The Morgan fingerprint density at radius 1 is 1.02 bits per heavy atom. The van der Waals surface area contributed by atoms with E-state index in [-0.39, 0.29) is 18.0 Å². The zero-order valence-corrected chi connectivity index (χ0v) is 29.3. The molecule has 1 atom stereocenters. The van der Waals surface area contributed by atoms with Gasteiger partial charge in [-0.25, -0.2) is 9.79 Å². The summed E-state index contributed by atoms with van der Waals surface area (Å²) in [5, 5.41) is 3.30. The number of nitrogens with one attached hydrogen (secondary N) is 2. The van der Waals surface area contributed by atoms with Gasteiger partial charge in [-0.3, -0.25) is 4.79 Å². The number of nitrogens with zero attached hydrogens (tertiary/aromatic N) is 4.